The molecule has 0 atom stereocenters. The van der Waals surface area contributed by atoms with Crippen molar-refractivity contribution in [2.24, 2.45) is 0 Å². The zero-order chi connectivity index (χ0) is 22.8. The van der Waals surface area contributed by atoms with Gasteiger partial charge in [-0.2, -0.15) is 5.10 Å². The summed E-state index contributed by atoms with van der Waals surface area (Å²) < 4.78 is 36.1. The maximum atomic E-state index is 13.5. The molecule has 5 rings (SSSR count). The Hall–Kier alpha value is -3.23. The number of aromatic nitrogens is 3. The molecule has 3 heterocycles. The second-order valence-corrected chi connectivity index (χ2v) is 8.29. The lowest BCUT2D eigenvalue weighted by molar-refractivity contribution is 0.0119. The first-order valence-corrected chi connectivity index (χ1v) is 10.9. The normalized spacial score (nSPS) is 15.4. The van der Waals surface area contributed by atoms with Crippen molar-refractivity contribution in [1.29, 1.82) is 0 Å². The molecule has 1 aliphatic rings. The molecule has 4 aromatic rings. The summed E-state index contributed by atoms with van der Waals surface area (Å²) in [5.74, 6) is -1.62. The van der Waals surface area contributed by atoms with Gasteiger partial charge in [-0.15, -0.1) is 12.4 Å². The van der Waals surface area contributed by atoms with Crippen LogP contribution in [0.4, 0.5) is 8.78 Å². The largest absolute Gasteiger partial charge is 0.489 e. The molecule has 1 aliphatic heterocycles. The zero-order valence-electron chi connectivity index (χ0n) is 18.4. The summed E-state index contributed by atoms with van der Waals surface area (Å²) in [6.07, 6.45) is 1.55. The molecule has 2 aromatic carbocycles. The van der Waals surface area contributed by atoms with Gasteiger partial charge in [0.1, 0.15) is 12.4 Å². The Balaban J connectivity index is 0.00000274. The Morgan fingerprint density at radius 1 is 1.00 bits per heavy atom. The first-order valence-electron chi connectivity index (χ1n) is 10.9. The number of halogens is 3. The highest BCUT2D eigenvalue weighted by Gasteiger charge is 2.37. The summed E-state index contributed by atoms with van der Waals surface area (Å²) in [6, 6.07) is 20.5. The fourth-order valence-electron chi connectivity index (χ4n) is 4.16. The van der Waals surface area contributed by atoms with E-state index in [2.05, 4.69) is 5.10 Å². The highest BCUT2D eigenvalue weighted by molar-refractivity contribution is 5.86. The maximum Gasteiger partial charge on any atom is 0.261 e. The number of para-hydroxylation sites is 1. The Bertz CT molecular complexity index is 1320. The van der Waals surface area contributed by atoms with Crippen molar-refractivity contribution < 1.29 is 13.5 Å². The van der Waals surface area contributed by atoms with Crippen molar-refractivity contribution >= 4 is 23.3 Å². The van der Waals surface area contributed by atoms with E-state index in [4.69, 9.17) is 4.74 Å². The monoisotopic (exact) mass is 486 g/mol. The second-order valence-electron chi connectivity index (χ2n) is 8.29. The molecule has 0 N–H and O–H groups in total. The average Bonchev–Trinajstić information content (AvgIpc) is 3.36. The summed E-state index contributed by atoms with van der Waals surface area (Å²) in [5, 5.41) is 5.49. The molecule has 0 aliphatic carbocycles. The van der Waals surface area contributed by atoms with E-state index in [1.807, 2.05) is 54.6 Å². The van der Waals surface area contributed by atoms with Crippen molar-refractivity contribution in [2.45, 2.75) is 25.5 Å². The fourth-order valence-corrected chi connectivity index (χ4v) is 4.16. The highest BCUT2D eigenvalue weighted by Crippen LogP contribution is 2.27. The van der Waals surface area contributed by atoms with Gasteiger partial charge in [-0.05, 0) is 23.8 Å². The molecule has 0 unspecified atom stereocenters. The van der Waals surface area contributed by atoms with Crippen LogP contribution in [0.3, 0.4) is 0 Å². The van der Waals surface area contributed by atoms with Crippen LogP contribution in [-0.2, 0) is 13.2 Å². The van der Waals surface area contributed by atoms with E-state index in [-0.39, 0.29) is 30.9 Å². The van der Waals surface area contributed by atoms with Crippen LogP contribution >= 0.6 is 12.4 Å². The van der Waals surface area contributed by atoms with Crippen molar-refractivity contribution in [1.82, 2.24) is 19.2 Å². The molecule has 0 bridgehead atoms. The summed E-state index contributed by atoms with van der Waals surface area (Å²) in [7, 11) is 0. The third kappa shape index (κ3) is 5.13. The first-order chi connectivity index (χ1) is 16.0. The van der Waals surface area contributed by atoms with E-state index >= 15 is 0 Å². The molecule has 0 saturated carbocycles. The lowest BCUT2D eigenvalue weighted by Gasteiger charge is -2.15. The Labute approximate surface area is 201 Å². The highest BCUT2D eigenvalue weighted by atomic mass is 35.5. The predicted molar refractivity (Wildman–Crippen MR) is 129 cm³/mol. The molecule has 9 heteroatoms. The number of ether oxygens (including phenoxy) is 1. The van der Waals surface area contributed by atoms with E-state index in [0.717, 1.165) is 16.5 Å². The minimum atomic E-state index is -2.62. The van der Waals surface area contributed by atoms with E-state index in [1.165, 1.54) is 10.6 Å². The number of rotatable bonds is 7. The molecule has 2 aromatic heterocycles. The number of hydrogen-bond acceptors (Lipinski definition) is 4. The Morgan fingerprint density at radius 3 is 2.50 bits per heavy atom. The number of alkyl halides is 2. The number of nitrogens with zero attached hydrogens (tertiary/aromatic N) is 4. The number of hydrogen-bond donors (Lipinski definition) is 0. The van der Waals surface area contributed by atoms with Crippen molar-refractivity contribution in [3.63, 3.8) is 0 Å². The van der Waals surface area contributed by atoms with Gasteiger partial charge in [0.25, 0.3) is 11.5 Å². The van der Waals surface area contributed by atoms with Gasteiger partial charge in [0, 0.05) is 37.2 Å². The SMILES string of the molecule is Cl.O=c1cc(OCc2ccccc2)ccn1-c1nn(CCN2CCC(F)(F)C2)c2ccccc12. The standard InChI is InChI=1S/C25H24F2N4O2.ClH/c26-25(27)11-13-29(18-25)14-15-31-22-9-5-4-8-21(22)24(28-31)30-12-10-20(16-23(30)32)33-17-19-6-2-1-3-7-19;/h1-10,12,16H,11,13-15,17-18H2;1H. The van der Waals surface area contributed by atoms with Crippen molar-refractivity contribution in [3.05, 3.63) is 88.8 Å². The fraction of sp³-hybridized carbons (Fsp3) is 0.280. The van der Waals surface area contributed by atoms with Crippen LogP contribution in [0.25, 0.3) is 16.7 Å². The van der Waals surface area contributed by atoms with Crippen LogP contribution in [0.5, 0.6) is 5.75 Å². The van der Waals surface area contributed by atoms with Gasteiger partial charge in [-0.3, -0.25) is 18.9 Å². The molecule has 0 amide bonds. The average molecular weight is 487 g/mol. The topological polar surface area (TPSA) is 52.3 Å². The summed E-state index contributed by atoms with van der Waals surface area (Å²) in [5.41, 5.74) is 1.62. The van der Waals surface area contributed by atoms with Crippen LogP contribution in [0, 0.1) is 0 Å². The lowest BCUT2D eigenvalue weighted by atomic mass is 10.2. The molecule has 0 spiro atoms. The number of benzene rings is 2. The van der Waals surface area contributed by atoms with Crippen molar-refractivity contribution in [3.8, 4) is 11.6 Å². The van der Waals surface area contributed by atoms with Gasteiger partial charge in [0.2, 0.25) is 0 Å². The summed E-state index contributed by atoms with van der Waals surface area (Å²) >= 11 is 0. The van der Waals surface area contributed by atoms with E-state index < -0.39 is 5.92 Å². The maximum absolute atomic E-state index is 13.5. The van der Waals surface area contributed by atoms with E-state index in [0.29, 0.717) is 37.8 Å². The Morgan fingerprint density at radius 2 is 1.76 bits per heavy atom. The summed E-state index contributed by atoms with van der Waals surface area (Å²) in [6.45, 7) is 1.47. The third-order valence-electron chi connectivity index (χ3n) is 5.88. The minimum Gasteiger partial charge on any atom is -0.489 e. The van der Waals surface area contributed by atoms with Crippen LogP contribution in [-0.4, -0.2) is 44.8 Å². The quantitative estimate of drug-likeness (QED) is 0.385. The Kier molecular flexibility index (Phi) is 7.00. The number of likely N-dealkylation sites (tertiary alicyclic amines) is 1. The molecule has 178 valence electrons. The van der Waals surface area contributed by atoms with Gasteiger partial charge in [0.15, 0.2) is 5.82 Å². The van der Waals surface area contributed by atoms with Gasteiger partial charge < -0.3 is 4.74 Å². The van der Waals surface area contributed by atoms with Crippen molar-refractivity contribution in [2.75, 3.05) is 19.6 Å². The van der Waals surface area contributed by atoms with Crippen LogP contribution in [0.2, 0.25) is 0 Å². The molecule has 0 radical (unpaired) electrons. The van der Waals surface area contributed by atoms with Gasteiger partial charge >= 0.3 is 0 Å². The molecular weight excluding hydrogens is 462 g/mol. The first kappa shape index (κ1) is 23.9. The summed E-state index contributed by atoms with van der Waals surface area (Å²) in [4.78, 5) is 14.6. The van der Waals surface area contributed by atoms with Gasteiger partial charge in [-0.25, -0.2) is 8.78 Å². The smallest absolute Gasteiger partial charge is 0.261 e. The predicted octanol–water partition coefficient (Wildman–Crippen LogP) is 4.53. The van der Waals surface area contributed by atoms with E-state index in [9.17, 15) is 13.6 Å². The molecule has 34 heavy (non-hydrogen) atoms. The molecule has 6 nitrogen and oxygen atoms in total. The lowest BCUT2D eigenvalue weighted by Crippen LogP contribution is -2.28. The van der Waals surface area contributed by atoms with Crippen LogP contribution < -0.4 is 10.3 Å². The molecule has 1 fully saturated rings. The van der Waals surface area contributed by atoms with Crippen LogP contribution in [0.15, 0.2) is 77.7 Å². The molecular formula is C25H25ClF2N4O2. The molecule has 1 saturated heterocycles. The van der Waals surface area contributed by atoms with E-state index in [1.54, 1.807) is 21.8 Å². The van der Waals surface area contributed by atoms with Crippen LogP contribution in [0.1, 0.15) is 12.0 Å². The number of pyridine rings is 1. The number of fused-ring (bicyclic) bond motifs is 1. The van der Waals surface area contributed by atoms with Gasteiger partial charge in [0.05, 0.1) is 18.6 Å². The van der Waals surface area contributed by atoms with Gasteiger partial charge in [-0.1, -0.05) is 42.5 Å². The third-order valence-corrected chi connectivity index (χ3v) is 5.88. The minimum absolute atomic E-state index is 0. The second kappa shape index (κ2) is 9.95. The zero-order valence-corrected chi connectivity index (χ0v) is 19.3.